The molecule has 0 N–H and O–H groups in total. The fraction of sp³-hybridized carbons (Fsp3) is 0.571. The van der Waals surface area contributed by atoms with Crippen molar-refractivity contribution >= 4 is 5.91 Å². The Morgan fingerprint density at radius 3 is 2.75 bits per heavy atom. The molecule has 0 spiro atoms. The number of benzene rings is 1. The molecule has 0 bridgehead atoms. The van der Waals surface area contributed by atoms with Gasteiger partial charge in [0.15, 0.2) is 5.82 Å². The quantitative estimate of drug-likeness (QED) is 0.787. The number of hydrogen-bond acceptors (Lipinski definition) is 6. The molecule has 2 fully saturated rings. The van der Waals surface area contributed by atoms with Gasteiger partial charge in [0.2, 0.25) is 5.91 Å². The normalized spacial score (nSPS) is 25.6. The maximum absolute atomic E-state index is 13.3. The van der Waals surface area contributed by atoms with E-state index < -0.39 is 0 Å². The highest BCUT2D eigenvalue weighted by Gasteiger charge is 2.37. The van der Waals surface area contributed by atoms with E-state index in [-0.39, 0.29) is 24.5 Å². The molecular weight excluding hydrogens is 358 g/mol. The van der Waals surface area contributed by atoms with Crippen molar-refractivity contribution in [1.29, 1.82) is 0 Å². The van der Waals surface area contributed by atoms with Crippen LogP contribution in [0.5, 0.6) is 0 Å². The van der Waals surface area contributed by atoms with Crippen LogP contribution >= 0.6 is 0 Å². The Balaban J connectivity index is 1.41. The minimum Gasteiger partial charge on any atom is -0.377 e. The summed E-state index contributed by atoms with van der Waals surface area (Å²) in [7, 11) is 1.58. The molecule has 2 aliphatic rings. The molecule has 1 aliphatic carbocycles. The molecule has 28 heavy (non-hydrogen) atoms. The molecule has 2 heterocycles. The third kappa shape index (κ3) is 4.10. The largest absolute Gasteiger partial charge is 0.377 e. The van der Waals surface area contributed by atoms with Crippen LogP contribution in [-0.4, -0.2) is 47.8 Å². The molecule has 7 nitrogen and oxygen atoms in total. The standard InChI is InChI=1S/C21H27N3O4/c1-26-14-19-22-20(23-28-19)18-13-27-12-11-24(18)21(25)17-9-7-16(8-10-17)15-5-3-2-4-6-15/h2-6,16-18H,7-14H2,1H3/t16?,17?,18-/m0/s1. The van der Waals surface area contributed by atoms with Crippen molar-refractivity contribution in [3.8, 4) is 0 Å². The van der Waals surface area contributed by atoms with E-state index in [0.29, 0.717) is 37.4 Å². The minimum atomic E-state index is -0.289. The zero-order valence-corrected chi connectivity index (χ0v) is 16.3. The van der Waals surface area contributed by atoms with Crippen molar-refractivity contribution in [2.24, 2.45) is 5.92 Å². The molecule has 150 valence electrons. The minimum absolute atomic E-state index is 0.0610. The van der Waals surface area contributed by atoms with E-state index in [0.717, 1.165) is 25.7 Å². The summed E-state index contributed by atoms with van der Waals surface area (Å²) in [6, 6.07) is 10.3. The number of nitrogens with zero attached hydrogens (tertiary/aromatic N) is 3. The van der Waals surface area contributed by atoms with Crippen molar-refractivity contribution in [1.82, 2.24) is 15.0 Å². The molecule has 1 saturated carbocycles. The lowest BCUT2D eigenvalue weighted by molar-refractivity contribution is -0.146. The fourth-order valence-corrected chi connectivity index (χ4v) is 4.30. The van der Waals surface area contributed by atoms with Gasteiger partial charge in [-0.2, -0.15) is 4.98 Å². The Morgan fingerprint density at radius 1 is 1.21 bits per heavy atom. The third-order valence-electron chi connectivity index (χ3n) is 5.81. The second-order valence-electron chi connectivity index (χ2n) is 7.56. The number of carbonyl (C=O) groups excluding carboxylic acids is 1. The van der Waals surface area contributed by atoms with E-state index in [1.165, 1.54) is 5.56 Å². The number of morpholine rings is 1. The molecule has 2 aromatic rings. The first-order chi connectivity index (χ1) is 13.8. The number of ether oxygens (including phenoxy) is 2. The van der Waals surface area contributed by atoms with Crippen LogP contribution in [-0.2, 0) is 20.9 Å². The lowest BCUT2D eigenvalue weighted by Gasteiger charge is -2.38. The zero-order valence-electron chi connectivity index (χ0n) is 16.3. The van der Waals surface area contributed by atoms with Crippen LogP contribution in [0.3, 0.4) is 0 Å². The average molecular weight is 385 g/mol. The Labute approximate surface area is 165 Å². The molecule has 1 aromatic heterocycles. The summed E-state index contributed by atoms with van der Waals surface area (Å²) in [6.07, 6.45) is 3.94. The highest BCUT2D eigenvalue weighted by molar-refractivity contribution is 5.79. The van der Waals surface area contributed by atoms with Crippen molar-refractivity contribution in [3.05, 3.63) is 47.6 Å². The number of amides is 1. The fourth-order valence-electron chi connectivity index (χ4n) is 4.30. The van der Waals surface area contributed by atoms with Gasteiger partial charge in [0.05, 0.1) is 13.2 Å². The van der Waals surface area contributed by atoms with E-state index in [4.69, 9.17) is 14.0 Å². The molecule has 0 radical (unpaired) electrons. The number of aromatic nitrogens is 2. The van der Waals surface area contributed by atoms with Crippen molar-refractivity contribution < 1.29 is 18.8 Å². The number of hydrogen-bond donors (Lipinski definition) is 0. The van der Waals surface area contributed by atoms with Crippen molar-refractivity contribution in [2.45, 2.75) is 44.2 Å². The van der Waals surface area contributed by atoms with E-state index in [2.05, 4.69) is 34.4 Å². The molecule has 0 unspecified atom stereocenters. The smallest absolute Gasteiger partial charge is 0.252 e. The van der Waals surface area contributed by atoms with Crippen LogP contribution < -0.4 is 0 Å². The van der Waals surface area contributed by atoms with Crippen LogP contribution in [0.4, 0.5) is 0 Å². The number of carbonyl (C=O) groups is 1. The Hall–Kier alpha value is -2.25. The SMILES string of the molecule is COCc1nc([C@@H]2COCCN2C(=O)C2CCC(c3ccccc3)CC2)no1. The van der Waals surface area contributed by atoms with Crippen LogP contribution in [0.25, 0.3) is 0 Å². The summed E-state index contributed by atoms with van der Waals surface area (Å²) >= 11 is 0. The maximum Gasteiger partial charge on any atom is 0.252 e. The Kier molecular flexibility index (Phi) is 6.02. The predicted octanol–water partition coefficient (Wildman–Crippen LogP) is 3.09. The summed E-state index contributed by atoms with van der Waals surface area (Å²) in [5.41, 5.74) is 1.38. The second-order valence-corrected chi connectivity index (χ2v) is 7.56. The van der Waals surface area contributed by atoms with E-state index >= 15 is 0 Å². The Bertz CT molecular complexity index is 771. The highest BCUT2D eigenvalue weighted by Crippen LogP contribution is 2.37. The summed E-state index contributed by atoms with van der Waals surface area (Å²) in [5.74, 6) is 1.72. The molecule has 4 rings (SSSR count). The molecule has 1 amide bonds. The van der Waals surface area contributed by atoms with Gasteiger partial charge in [0, 0.05) is 19.6 Å². The highest BCUT2D eigenvalue weighted by atomic mass is 16.5. The Morgan fingerprint density at radius 2 is 2.00 bits per heavy atom. The van der Waals surface area contributed by atoms with Crippen LogP contribution in [0, 0.1) is 5.92 Å². The van der Waals surface area contributed by atoms with Gasteiger partial charge in [-0.15, -0.1) is 0 Å². The lowest BCUT2D eigenvalue weighted by Crippen LogP contribution is -2.46. The number of rotatable bonds is 5. The van der Waals surface area contributed by atoms with Gasteiger partial charge in [-0.25, -0.2) is 0 Å². The summed E-state index contributed by atoms with van der Waals surface area (Å²) in [6.45, 7) is 1.77. The second kappa shape index (κ2) is 8.84. The zero-order chi connectivity index (χ0) is 19.3. The third-order valence-corrected chi connectivity index (χ3v) is 5.81. The van der Waals surface area contributed by atoms with Gasteiger partial charge >= 0.3 is 0 Å². The van der Waals surface area contributed by atoms with Gasteiger partial charge in [-0.1, -0.05) is 35.5 Å². The number of methoxy groups -OCH3 is 1. The van der Waals surface area contributed by atoms with E-state index in [1.807, 2.05) is 11.0 Å². The first kappa shape index (κ1) is 19.1. The molecular formula is C21H27N3O4. The van der Waals surface area contributed by atoms with Gasteiger partial charge in [0.1, 0.15) is 12.6 Å². The molecule has 1 aliphatic heterocycles. The summed E-state index contributed by atoms with van der Waals surface area (Å²) in [4.78, 5) is 19.5. The van der Waals surface area contributed by atoms with Crippen LogP contribution in [0.1, 0.15) is 54.9 Å². The molecule has 1 atom stereocenters. The molecule has 1 aromatic carbocycles. The summed E-state index contributed by atoms with van der Waals surface area (Å²) in [5, 5.41) is 4.05. The predicted molar refractivity (Wildman–Crippen MR) is 101 cm³/mol. The summed E-state index contributed by atoms with van der Waals surface area (Å²) < 4.78 is 15.9. The van der Waals surface area contributed by atoms with Gasteiger partial charge in [-0.05, 0) is 37.2 Å². The monoisotopic (exact) mass is 385 g/mol. The molecule has 1 saturated heterocycles. The van der Waals surface area contributed by atoms with Crippen molar-refractivity contribution in [2.75, 3.05) is 26.9 Å². The first-order valence-electron chi connectivity index (χ1n) is 10.0. The maximum atomic E-state index is 13.3. The van der Waals surface area contributed by atoms with Crippen LogP contribution in [0.15, 0.2) is 34.9 Å². The van der Waals surface area contributed by atoms with Crippen molar-refractivity contribution in [3.63, 3.8) is 0 Å². The van der Waals surface area contributed by atoms with Gasteiger partial charge in [0.25, 0.3) is 5.89 Å². The average Bonchev–Trinajstić information content (AvgIpc) is 3.23. The van der Waals surface area contributed by atoms with E-state index in [9.17, 15) is 4.79 Å². The van der Waals surface area contributed by atoms with Gasteiger partial charge < -0.3 is 18.9 Å². The molecule has 7 heteroatoms. The topological polar surface area (TPSA) is 77.7 Å². The van der Waals surface area contributed by atoms with Gasteiger partial charge in [-0.3, -0.25) is 4.79 Å². The lowest BCUT2D eigenvalue weighted by atomic mass is 9.78. The first-order valence-corrected chi connectivity index (χ1v) is 10.0. The van der Waals surface area contributed by atoms with E-state index in [1.54, 1.807) is 7.11 Å². The van der Waals surface area contributed by atoms with Crippen LogP contribution in [0.2, 0.25) is 0 Å².